The van der Waals surface area contributed by atoms with Crippen LogP contribution in [0.15, 0.2) is 41.6 Å². The van der Waals surface area contributed by atoms with E-state index in [1.54, 1.807) is 51.2 Å². The predicted molar refractivity (Wildman–Crippen MR) is 121 cm³/mol. The van der Waals surface area contributed by atoms with Crippen molar-refractivity contribution < 1.29 is 16.8 Å². The first-order valence-corrected chi connectivity index (χ1v) is 12.5. The summed E-state index contributed by atoms with van der Waals surface area (Å²) in [5.41, 5.74) is 1.88. The fourth-order valence-corrected chi connectivity index (χ4v) is 3.68. The molecule has 0 spiro atoms. The molecule has 2 aromatic rings. The lowest BCUT2D eigenvalue weighted by atomic mass is 10.0. The molecule has 2 rings (SSSR count). The van der Waals surface area contributed by atoms with Gasteiger partial charge in [0.2, 0.25) is 20.0 Å². The Morgan fingerprint density at radius 1 is 0.933 bits per heavy atom. The molecule has 0 aromatic carbocycles. The van der Waals surface area contributed by atoms with Gasteiger partial charge in [-0.15, -0.1) is 0 Å². The van der Waals surface area contributed by atoms with E-state index in [1.807, 2.05) is 0 Å². The van der Waals surface area contributed by atoms with Gasteiger partial charge in [-0.2, -0.15) is 0 Å². The van der Waals surface area contributed by atoms with E-state index in [2.05, 4.69) is 9.97 Å². The maximum atomic E-state index is 11.1. The smallest absolute Gasteiger partial charge is 0.234 e. The van der Waals surface area contributed by atoms with Crippen molar-refractivity contribution in [3.8, 4) is 0 Å². The maximum absolute atomic E-state index is 11.1. The molecule has 166 valence electrons. The zero-order valence-electron chi connectivity index (χ0n) is 16.9. The molecular weight excluding hydrogens is 471 g/mol. The van der Waals surface area contributed by atoms with E-state index in [0.29, 0.717) is 21.4 Å². The number of rotatable bonds is 5. The molecule has 0 fully saturated rings. The Bertz CT molecular complexity index is 1100. The van der Waals surface area contributed by atoms with Crippen LogP contribution in [0.5, 0.6) is 0 Å². The summed E-state index contributed by atoms with van der Waals surface area (Å²) in [7, 11) is -7.17. The SMILES string of the molecule is C/C(=C(/C)S(N)(=O)=O)c1ccc(Cl)cn1.C[C@H](c1ccc(Cl)nc1)[C@H](C)S(N)(=O)=O. The minimum Gasteiger partial charge on any atom is -0.255 e. The third kappa shape index (κ3) is 7.93. The highest BCUT2D eigenvalue weighted by Gasteiger charge is 2.24. The van der Waals surface area contributed by atoms with Gasteiger partial charge in [0.05, 0.1) is 20.9 Å². The van der Waals surface area contributed by atoms with Crippen molar-refractivity contribution in [3.63, 3.8) is 0 Å². The molecule has 0 aliphatic carbocycles. The Morgan fingerprint density at radius 2 is 1.53 bits per heavy atom. The average molecular weight is 495 g/mol. The molecule has 0 unspecified atom stereocenters. The van der Waals surface area contributed by atoms with Crippen LogP contribution in [0.4, 0.5) is 0 Å². The second-order valence-electron chi connectivity index (χ2n) is 6.58. The number of halogens is 2. The molecule has 12 heteroatoms. The van der Waals surface area contributed by atoms with E-state index in [4.69, 9.17) is 33.5 Å². The summed E-state index contributed by atoms with van der Waals surface area (Å²) < 4.78 is 44.4. The third-order valence-corrected chi connectivity index (χ3v) is 7.62. The van der Waals surface area contributed by atoms with Crippen molar-refractivity contribution in [2.75, 3.05) is 0 Å². The molecule has 2 aromatic heterocycles. The van der Waals surface area contributed by atoms with E-state index >= 15 is 0 Å². The second kappa shape index (κ2) is 10.7. The Kier molecular flexibility index (Phi) is 9.40. The van der Waals surface area contributed by atoms with Gasteiger partial charge in [0.25, 0.3) is 0 Å². The minimum absolute atomic E-state index is 0.109. The summed E-state index contributed by atoms with van der Waals surface area (Å²) in [5.74, 6) is -0.204. The number of allylic oxidation sites excluding steroid dienone is 2. The monoisotopic (exact) mass is 494 g/mol. The van der Waals surface area contributed by atoms with E-state index in [0.717, 1.165) is 5.56 Å². The molecule has 4 N–H and O–H groups in total. The fourth-order valence-electron chi connectivity index (χ4n) is 2.20. The number of primary sulfonamides is 2. The van der Waals surface area contributed by atoms with Gasteiger partial charge in [0.1, 0.15) is 5.15 Å². The summed E-state index contributed by atoms with van der Waals surface area (Å²) >= 11 is 11.3. The van der Waals surface area contributed by atoms with E-state index in [1.165, 1.54) is 13.1 Å². The van der Waals surface area contributed by atoms with E-state index < -0.39 is 25.3 Å². The van der Waals surface area contributed by atoms with Crippen LogP contribution >= 0.6 is 23.2 Å². The normalized spacial score (nSPS) is 14.8. The van der Waals surface area contributed by atoms with Gasteiger partial charge in [0, 0.05) is 18.3 Å². The number of sulfonamides is 2. The second-order valence-corrected chi connectivity index (χ2v) is 11.0. The summed E-state index contributed by atoms with van der Waals surface area (Å²) in [5, 5.41) is 10.3. The molecule has 2 heterocycles. The molecule has 0 bridgehead atoms. The minimum atomic E-state index is -3.65. The Balaban J connectivity index is 0.000000300. The largest absolute Gasteiger partial charge is 0.255 e. The lowest BCUT2D eigenvalue weighted by Crippen LogP contribution is -2.30. The highest BCUT2D eigenvalue weighted by molar-refractivity contribution is 7.93. The van der Waals surface area contributed by atoms with Crippen molar-refractivity contribution in [2.45, 2.75) is 38.9 Å². The highest BCUT2D eigenvalue weighted by atomic mass is 35.5. The quantitative estimate of drug-likeness (QED) is 0.609. The number of aromatic nitrogens is 2. The highest BCUT2D eigenvalue weighted by Crippen LogP contribution is 2.23. The molecule has 0 saturated heterocycles. The van der Waals surface area contributed by atoms with Gasteiger partial charge in [-0.3, -0.25) is 4.98 Å². The van der Waals surface area contributed by atoms with Crippen LogP contribution in [-0.4, -0.2) is 32.1 Å². The van der Waals surface area contributed by atoms with Gasteiger partial charge in [-0.25, -0.2) is 32.1 Å². The van der Waals surface area contributed by atoms with Crippen molar-refractivity contribution >= 4 is 48.8 Å². The summed E-state index contributed by atoms with van der Waals surface area (Å²) in [6, 6.07) is 6.67. The number of hydrogen-bond donors (Lipinski definition) is 2. The van der Waals surface area contributed by atoms with Crippen molar-refractivity contribution in [1.29, 1.82) is 0 Å². The molecule has 0 aliphatic heterocycles. The first-order valence-electron chi connectivity index (χ1n) is 8.59. The molecule has 2 atom stereocenters. The van der Waals surface area contributed by atoms with Crippen LogP contribution in [0.3, 0.4) is 0 Å². The summed E-state index contributed by atoms with van der Waals surface area (Å²) in [4.78, 5) is 8.01. The van der Waals surface area contributed by atoms with Gasteiger partial charge >= 0.3 is 0 Å². The standard InChI is InChI=1S/C9H11ClN2O2S.C9H13ClN2O2S/c1-6(7(2)15(11,13)14)9-4-3-8(10)5-12-9;1-6(7(2)15(11,13)14)8-3-4-9(10)12-5-8/h3-5H,1-2H3,(H2,11,13,14);3-7H,1-2H3,(H2,11,13,14)/b7-6+;/t;6-,7-/m.0/s1. The van der Waals surface area contributed by atoms with Crippen LogP contribution in [0.2, 0.25) is 10.2 Å². The van der Waals surface area contributed by atoms with Crippen molar-refractivity contribution in [3.05, 3.63) is 63.0 Å². The van der Waals surface area contributed by atoms with Gasteiger partial charge < -0.3 is 0 Å². The summed E-state index contributed by atoms with van der Waals surface area (Å²) in [6.45, 7) is 6.46. The van der Waals surface area contributed by atoms with Gasteiger partial charge in [-0.05, 0) is 50.1 Å². The fraction of sp³-hybridized carbons (Fsp3) is 0.333. The zero-order chi connectivity index (χ0) is 23.3. The lowest BCUT2D eigenvalue weighted by Gasteiger charge is -2.17. The molecular formula is C18H24Cl2N4O4S2. The number of hydrogen-bond acceptors (Lipinski definition) is 6. The van der Waals surface area contributed by atoms with Crippen LogP contribution < -0.4 is 10.3 Å². The number of pyridine rings is 2. The summed E-state index contributed by atoms with van der Waals surface area (Å²) in [6.07, 6.45) is 3.02. The number of nitrogens with zero attached hydrogens (tertiary/aromatic N) is 2. The van der Waals surface area contributed by atoms with Crippen LogP contribution in [0.25, 0.3) is 5.57 Å². The average Bonchev–Trinajstić information content (AvgIpc) is 2.66. The molecule has 30 heavy (non-hydrogen) atoms. The van der Waals surface area contributed by atoms with E-state index in [9.17, 15) is 16.8 Å². The molecule has 0 saturated carbocycles. The topological polar surface area (TPSA) is 146 Å². The van der Waals surface area contributed by atoms with Gasteiger partial charge in [0.15, 0.2) is 0 Å². The van der Waals surface area contributed by atoms with Crippen molar-refractivity contribution in [1.82, 2.24) is 9.97 Å². The van der Waals surface area contributed by atoms with Crippen LogP contribution in [0, 0.1) is 0 Å². The molecule has 0 radical (unpaired) electrons. The van der Waals surface area contributed by atoms with Crippen LogP contribution in [-0.2, 0) is 20.0 Å². The zero-order valence-corrected chi connectivity index (χ0v) is 20.0. The third-order valence-electron chi connectivity index (χ3n) is 4.56. The predicted octanol–water partition coefficient (Wildman–Crippen LogP) is 3.29. The Morgan fingerprint density at radius 3 is 1.93 bits per heavy atom. The molecule has 8 nitrogen and oxygen atoms in total. The van der Waals surface area contributed by atoms with Crippen molar-refractivity contribution in [2.24, 2.45) is 10.3 Å². The Labute approximate surface area is 187 Å². The van der Waals surface area contributed by atoms with Gasteiger partial charge in [-0.1, -0.05) is 36.2 Å². The number of nitrogens with two attached hydrogens (primary N) is 2. The molecule has 0 aliphatic rings. The first kappa shape index (κ1) is 26.5. The first-order chi connectivity index (χ1) is 13.6. The van der Waals surface area contributed by atoms with Crippen LogP contribution in [0.1, 0.15) is 44.9 Å². The maximum Gasteiger partial charge on any atom is 0.234 e. The van der Waals surface area contributed by atoms with E-state index in [-0.39, 0.29) is 10.8 Å². The lowest BCUT2D eigenvalue weighted by molar-refractivity contribution is 0.571. The molecule has 0 amide bonds. The Hall–Kier alpha value is -1.56.